The van der Waals surface area contributed by atoms with Gasteiger partial charge in [-0.2, -0.15) is 0 Å². The first-order valence-corrected chi connectivity index (χ1v) is 8.07. The minimum absolute atomic E-state index is 0.0424. The lowest BCUT2D eigenvalue weighted by atomic mass is 10.1. The molecule has 0 saturated heterocycles. The van der Waals surface area contributed by atoms with Crippen molar-refractivity contribution >= 4 is 16.8 Å². The Morgan fingerprint density at radius 3 is 2.96 bits per heavy atom. The molecule has 1 amide bonds. The molecule has 0 aliphatic rings. The third kappa shape index (κ3) is 3.74. The number of nitrogens with zero attached hydrogens (tertiary/aromatic N) is 1. The van der Waals surface area contributed by atoms with E-state index in [0.29, 0.717) is 18.8 Å². The Kier molecular flexibility index (Phi) is 5.11. The van der Waals surface area contributed by atoms with E-state index >= 15 is 0 Å². The lowest BCUT2D eigenvalue weighted by Gasteiger charge is -2.08. The molecule has 5 heteroatoms. The molecule has 0 fully saturated rings. The van der Waals surface area contributed by atoms with Crippen LogP contribution in [0.4, 0.5) is 0 Å². The fourth-order valence-electron chi connectivity index (χ4n) is 2.80. The number of aromatic amines is 1. The summed E-state index contributed by atoms with van der Waals surface area (Å²) in [6, 6.07) is 12.0. The Hall–Kier alpha value is -2.82. The van der Waals surface area contributed by atoms with Gasteiger partial charge in [-0.3, -0.25) is 4.79 Å². The molecule has 0 bridgehead atoms. The molecule has 0 aliphatic carbocycles. The second-order valence-electron chi connectivity index (χ2n) is 5.66. The van der Waals surface area contributed by atoms with E-state index < -0.39 is 0 Å². The number of amides is 1. The Morgan fingerprint density at radius 2 is 2.08 bits per heavy atom. The minimum Gasteiger partial charge on any atom is -0.481 e. The van der Waals surface area contributed by atoms with Crippen molar-refractivity contribution in [3.05, 3.63) is 59.9 Å². The van der Waals surface area contributed by atoms with Gasteiger partial charge in [-0.25, -0.2) is 4.98 Å². The van der Waals surface area contributed by atoms with E-state index in [9.17, 15) is 4.79 Å². The van der Waals surface area contributed by atoms with E-state index in [4.69, 9.17) is 4.74 Å². The predicted molar refractivity (Wildman–Crippen MR) is 93.9 cm³/mol. The van der Waals surface area contributed by atoms with Crippen LogP contribution in [0.15, 0.2) is 48.8 Å². The highest BCUT2D eigenvalue weighted by atomic mass is 16.5. The maximum Gasteiger partial charge on any atom is 0.220 e. The van der Waals surface area contributed by atoms with Crippen LogP contribution in [0.3, 0.4) is 0 Å². The number of aromatic nitrogens is 2. The fraction of sp³-hybridized carbons (Fsp3) is 0.263. The van der Waals surface area contributed by atoms with E-state index in [2.05, 4.69) is 27.4 Å². The highest BCUT2D eigenvalue weighted by molar-refractivity contribution is 5.83. The van der Waals surface area contributed by atoms with Crippen LogP contribution < -0.4 is 10.1 Å². The van der Waals surface area contributed by atoms with E-state index in [1.54, 1.807) is 13.3 Å². The first kappa shape index (κ1) is 16.1. The van der Waals surface area contributed by atoms with Gasteiger partial charge in [0.15, 0.2) is 0 Å². The number of H-pyrrole nitrogens is 1. The number of methoxy groups -OCH3 is 1. The largest absolute Gasteiger partial charge is 0.481 e. The van der Waals surface area contributed by atoms with Gasteiger partial charge in [0, 0.05) is 41.8 Å². The standard InChI is InChI=1S/C19H21N3O2/c1-24-19-15(7-5-11-20-19)13-22-18(23)10-4-6-14-12-21-17-9-3-2-8-16(14)17/h2-3,5,7-9,11-12,21H,4,6,10,13H2,1H3,(H,22,23). The highest BCUT2D eigenvalue weighted by Gasteiger charge is 2.07. The Bertz CT molecular complexity index is 826. The molecule has 0 radical (unpaired) electrons. The van der Waals surface area contributed by atoms with Crippen LogP contribution in [0.1, 0.15) is 24.0 Å². The number of para-hydroxylation sites is 1. The van der Waals surface area contributed by atoms with Crippen molar-refractivity contribution in [2.75, 3.05) is 7.11 Å². The summed E-state index contributed by atoms with van der Waals surface area (Å²) in [6.07, 6.45) is 5.90. The lowest BCUT2D eigenvalue weighted by molar-refractivity contribution is -0.121. The fourth-order valence-corrected chi connectivity index (χ4v) is 2.80. The predicted octanol–water partition coefficient (Wildman–Crippen LogP) is 3.21. The van der Waals surface area contributed by atoms with Gasteiger partial charge in [0.1, 0.15) is 0 Å². The molecule has 3 aromatic rings. The van der Waals surface area contributed by atoms with Crippen molar-refractivity contribution in [3.63, 3.8) is 0 Å². The van der Waals surface area contributed by atoms with E-state index in [1.807, 2.05) is 30.5 Å². The normalized spacial score (nSPS) is 10.7. The van der Waals surface area contributed by atoms with Gasteiger partial charge in [0.05, 0.1) is 7.11 Å². The van der Waals surface area contributed by atoms with Crippen molar-refractivity contribution in [2.24, 2.45) is 0 Å². The molecule has 0 unspecified atom stereocenters. The number of ether oxygens (including phenoxy) is 1. The van der Waals surface area contributed by atoms with Crippen LogP contribution in [-0.2, 0) is 17.8 Å². The number of carbonyl (C=O) groups is 1. The summed E-state index contributed by atoms with van der Waals surface area (Å²) in [5.41, 5.74) is 3.28. The summed E-state index contributed by atoms with van der Waals surface area (Å²) in [5, 5.41) is 4.16. The van der Waals surface area contributed by atoms with Crippen LogP contribution in [0, 0.1) is 0 Å². The summed E-state index contributed by atoms with van der Waals surface area (Å²) in [4.78, 5) is 19.4. The minimum atomic E-state index is 0.0424. The zero-order valence-electron chi connectivity index (χ0n) is 13.7. The molecule has 2 aromatic heterocycles. The van der Waals surface area contributed by atoms with Crippen molar-refractivity contribution in [3.8, 4) is 5.88 Å². The molecule has 2 N–H and O–H groups in total. The summed E-state index contributed by atoms with van der Waals surface area (Å²) >= 11 is 0. The molecule has 3 rings (SSSR count). The number of aryl methyl sites for hydroxylation is 1. The average Bonchev–Trinajstić information content (AvgIpc) is 3.03. The topological polar surface area (TPSA) is 67.0 Å². The molecule has 1 aromatic carbocycles. The van der Waals surface area contributed by atoms with E-state index in [0.717, 1.165) is 23.9 Å². The number of carbonyl (C=O) groups excluding carboxylic acids is 1. The molecule has 2 heterocycles. The molecule has 0 aliphatic heterocycles. The van der Waals surface area contributed by atoms with Crippen molar-refractivity contribution in [2.45, 2.75) is 25.8 Å². The number of benzene rings is 1. The molecule has 0 saturated carbocycles. The zero-order valence-corrected chi connectivity index (χ0v) is 13.7. The summed E-state index contributed by atoms with van der Waals surface area (Å²) in [6.45, 7) is 0.433. The maximum absolute atomic E-state index is 12.0. The van der Waals surface area contributed by atoms with Crippen LogP contribution >= 0.6 is 0 Å². The van der Waals surface area contributed by atoms with Gasteiger partial charge >= 0.3 is 0 Å². The SMILES string of the molecule is COc1ncccc1CNC(=O)CCCc1c[nH]c2ccccc12. The Morgan fingerprint density at radius 1 is 1.21 bits per heavy atom. The number of rotatable bonds is 7. The van der Waals surface area contributed by atoms with Crippen molar-refractivity contribution in [1.29, 1.82) is 0 Å². The molecule has 0 spiro atoms. The Balaban J connectivity index is 1.47. The van der Waals surface area contributed by atoms with Gasteiger partial charge < -0.3 is 15.0 Å². The average molecular weight is 323 g/mol. The van der Waals surface area contributed by atoms with Gasteiger partial charge in [0.25, 0.3) is 0 Å². The molecular weight excluding hydrogens is 302 g/mol. The Labute approximate surface area is 141 Å². The first-order valence-electron chi connectivity index (χ1n) is 8.07. The number of hydrogen-bond donors (Lipinski definition) is 2. The van der Waals surface area contributed by atoms with E-state index in [1.165, 1.54) is 10.9 Å². The molecular formula is C19H21N3O2. The molecule has 0 atom stereocenters. The second-order valence-corrected chi connectivity index (χ2v) is 5.66. The van der Waals surface area contributed by atoms with Crippen LogP contribution in [0.5, 0.6) is 5.88 Å². The van der Waals surface area contributed by atoms with Crippen molar-refractivity contribution < 1.29 is 9.53 Å². The van der Waals surface area contributed by atoms with Gasteiger partial charge in [-0.05, 0) is 30.5 Å². The summed E-state index contributed by atoms with van der Waals surface area (Å²) in [7, 11) is 1.58. The monoisotopic (exact) mass is 323 g/mol. The first-order chi connectivity index (χ1) is 11.8. The van der Waals surface area contributed by atoms with Gasteiger partial charge in [0.2, 0.25) is 11.8 Å². The molecule has 124 valence electrons. The third-order valence-corrected chi connectivity index (χ3v) is 4.04. The number of nitrogens with one attached hydrogen (secondary N) is 2. The van der Waals surface area contributed by atoms with Crippen LogP contribution in [0.25, 0.3) is 10.9 Å². The third-order valence-electron chi connectivity index (χ3n) is 4.04. The van der Waals surface area contributed by atoms with Gasteiger partial charge in [-0.15, -0.1) is 0 Å². The maximum atomic E-state index is 12.0. The van der Waals surface area contributed by atoms with Crippen molar-refractivity contribution in [1.82, 2.24) is 15.3 Å². The number of fused-ring (bicyclic) bond motifs is 1. The zero-order chi connectivity index (χ0) is 16.8. The van der Waals surface area contributed by atoms with Crippen LogP contribution in [0.2, 0.25) is 0 Å². The summed E-state index contributed by atoms with van der Waals surface area (Å²) in [5.74, 6) is 0.595. The smallest absolute Gasteiger partial charge is 0.220 e. The molecule has 5 nitrogen and oxygen atoms in total. The van der Waals surface area contributed by atoms with Crippen LogP contribution in [-0.4, -0.2) is 23.0 Å². The lowest BCUT2D eigenvalue weighted by Crippen LogP contribution is -2.22. The second kappa shape index (κ2) is 7.64. The quantitative estimate of drug-likeness (QED) is 0.701. The van der Waals surface area contributed by atoms with Gasteiger partial charge in [-0.1, -0.05) is 24.3 Å². The number of hydrogen-bond acceptors (Lipinski definition) is 3. The highest BCUT2D eigenvalue weighted by Crippen LogP contribution is 2.19. The number of pyridine rings is 1. The molecule has 24 heavy (non-hydrogen) atoms. The van der Waals surface area contributed by atoms with E-state index in [-0.39, 0.29) is 5.91 Å². The summed E-state index contributed by atoms with van der Waals surface area (Å²) < 4.78 is 5.18.